The summed E-state index contributed by atoms with van der Waals surface area (Å²) < 4.78 is 1.18. The second kappa shape index (κ2) is 6.05. The van der Waals surface area contributed by atoms with Gasteiger partial charge in [0.25, 0.3) is 0 Å². The monoisotopic (exact) mass is 278 g/mol. The number of hydrogen-bond acceptors (Lipinski definition) is 0. The van der Waals surface area contributed by atoms with Crippen LogP contribution in [0.1, 0.15) is 38.3 Å². The van der Waals surface area contributed by atoms with Crippen LogP contribution in [0.5, 0.6) is 0 Å². The molecule has 0 atom stereocenters. The first-order valence-corrected chi connectivity index (χ1v) is 6.44. The van der Waals surface area contributed by atoms with Gasteiger partial charge in [-0.15, -0.1) is 0 Å². The highest BCUT2D eigenvalue weighted by molar-refractivity contribution is 9.12. The molecule has 1 aromatic carbocycles. The van der Waals surface area contributed by atoms with E-state index in [2.05, 4.69) is 74.0 Å². The number of hydrogen-bond donors (Lipinski definition) is 0. The fourth-order valence-corrected chi connectivity index (χ4v) is 1.99. The molecule has 0 aliphatic carbocycles. The maximum Gasteiger partial charge on any atom is 0.0209 e. The highest BCUT2D eigenvalue weighted by Gasteiger charge is 2.00. The largest absolute Gasteiger partial charge is 0.0725 e. The zero-order chi connectivity index (χ0) is 12.1. The van der Waals surface area contributed by atoms with Gasteiger partial charge in [-0.3, -0.25) is 0 Å². The van der Waals surface area contributed by atoms with Crippen LogP contribution in [0.25, 0.3) is 5.57 Å². The molecule has 0 nitrogen and oxygen atoms in total. The van der Waals surface area contributed by atoms with Crippen LogP contribution in [0, 0.1) is 6.92 Å². The van der Waals surface area contributed by atoms with Gasteiger partial charge in [0.1, 0.15) is 0 Å². The summed E-state index contributed by atoms with van der Waals surface area (Å²) in [6.07, 6.45) is 3.30. The fraction of sp³-hybridized carbons (Fsp3) is 0.333. The third kappa shape index (κ3) is 3.64. The molecule has 0 unspecified atom stereocenters. The standard InChI is InChI=1S/C15H19Br/c1-5-11(2)10-15(16)13(4)14-8-6-12(3)7-9-14/h6-10H,5H2,1-4H3/b11-10+,15-13-. The lowest BCUT2D eigenvalue weighted by Crippen LogP contribution is -1.83. The molecule has 0 aromatic heterocycles. The van der Waals surface area contributed by atoms with E-state index >= 15 is 0 Å². The molecular weight excluding hydrogens is 260 g/mol. The van der Waals surface area contributed by atoms with E-state index in [1.165, 1.54) is 26.8 Å². The zero-order valence-corrected chi connectivity index (χ0v) is 12.1. The first-order chi connectivity index (χ1) is 7.54. The molecule has 0 amide bonds. The number of halogens is 1. The molecule has 0 radical (unpaired) electrons. The van der Waals surface area contributed by atoms with Gasteiger partial charge in [-0.1, -0.05) is 58.3 Å². The average Bonchev–Trinajstić information content (AvgIpc) is 2.28. The maximum atomic E-state index is 3.64. The molecule has 86 valence electrons. The van der Waals surface area contributed by atoms with Crippen LogP contribution in [0.2, 0.25) is 0 Å². The molecule has 16 heavy (non-hydrogen) atoms. The summed E-state index contributed by atoms with van der Waals surface area (Å²) in [5, 5.41) is 0. The van der Waals surface area contributed by atoms with Gasteiger partial charge in [0.2, 0.25) is 0 Å². The van der Waals surface area contributed by atoms with E-state index in [9.17, 15) is 0 Å². The Bertz CT molecular complexity index is 408. The normalized spacial score (nSPS) is 13.7. The predicted octanol–water partition coefficient (Wildman–Crippen LogP) is 5.48. The molecule has 0 aliphatic heterocycles. The van der Waals surface area contributed by atoms with Crippen molar-refractivity contribution in [1.29, 1.82) is 0 Å². The Balaban J connectivity index is 3.04. The number of rotatable bonds is 3. The minimum Gasteiger partial charge on any atom is -0.0725 e. The number of benzene rings is 1. The molecule has 0 spiro atoms. The molecule has 0 saturated heterocycles. The van der Waals surface area contributed by atoms with Crippen molar-refractivity contribution < 1.29 is 0 Å². The molecule has 1 heteroatoms. The Hall–Kier alpha value is -0.820. The van der Waals surface area contributed by atoms with Crippen LogP contribution in [-0.2, 0) is 0 Å². The van der Waals surface area contributed by atoms with E-state index in [1.807, 2.05) is 0 Å². The SMILES string of the molecule is CC/C(C)=C/C(Br)=C(\C)c1ccc(C)cc1. The van der Waals surface area contributed by atoms with Gasteiger partial charge in [-0.25, -0.2) is 0 Å². The Morgan fingerprint density at radius 1 is 1.19 bits per heavy atom. The highest BCUT2D eigenvalue weighted by Crippen LogP contribution is 2.25. The molecule has 0 saturated carbocycles. The van der Waals surface area contributed by atoms with Gasteiger partial charge in [-0.05, 0) is 44.4 Å². The van der Waals surface area contributed by atoms with Crippen molar-refractivity contribution >= 4 is 21.5 Å². The topological polar surface area (TPSA) is 0 Å². The minimum absolute atomic E-state index is 1.09. The molecular formula is C15H19Br. The van der Waals surface area contributed by atoms with Gasteiger partial charge < -0.3 is 0 Å². The van der Waals surface area contributed by atoms with Gasteiger partial charge in [0.05, 0.1) is 0 Å². The molecule has 1 rings (SSSR count). The Labute approximate surface area is 107 Å². The third-order valence-electron chi connectivity index (χ3n) is 2.77. The summed E-state index contributed by atoms with van der Waals surface area (Å²) in [5.74, 6) is 0. The van der Waals surface area contributed by atoms with Crippen molar-refractivity contribution in [1.82, 2.24) is 0 Å². The van der Waals surface area contributed by atoms with Crippen molar-refractivity contribution in [2.24, 2.45) is 0 Å². The van der Waals surface area contributed by atoms with Crippen LogP contribution in [0.15, 0.2) is 40.4 Å². The van der Waals surface area contributed by atoms with Crippen molar-refractivity contribution in [3.05, 3.63) is 51.5 Å². The van der Waals surface area contributed by atoms with Crippen LogP contribution < -0.4 is 0 Å². The van der Waals surface area contributed by atoms with E-state index in [-0.39, 0.29) is 0 Å². The second-order valence-corrected chi connectivity index (χ2v) is 5.04. The van der Waals surface area contributed by atoms with E-state index in [1.54, 1.807) is 0 Å². The summed E-state index contributed by atoms with van der Waals surface area (Å²) in [6, 6.07) is 8.63. The van der Waals surface area contributed by atoms with Crippen molar-refractivity contribution in [2.45, 2.75) is 34.1 Å². The lowest BCUT2D eigenvalue weighted by molar-refractivity contribution is 1.10. The lowest BCUT2D eigenvalue weighted by atomic mass is 10.0. The summed E-state index contributed by atoms with van der Waals surface area (Å²) in [6.45, 7) is 8.59. The molecule has 0 heterocycles. The Morgan fingerprint density at radius 2 is 1.75 bits per heavy atom. The molecule has 0 fully saturated rings. The molecule has 0 bridgehead atoms. The first-order valence-electron chi connectivity index (χ1n) is 5.65. The Kier molecular flexibility index (Phi) is 5.01. The van der Waals surface area contributed by atoms with Crippen LogP contribution in [0.3, 0.4) is 0 Å². The predicted molar refractivity (Wildman–Crippen MR) is 76.7 cm³/mol. The Morgan fingerprint density at radius 3 is 2.25 bits per heavy atom. The van der Waals surface area contributed by atoms with E-state index in [0.29, 0.717) is 0 Å². The van der Waals surface area contributed by atoms with Gasteiger partial charge in [0.15, 0.2) is 0 Å². The number of allylic oxidation sites excluding steroid dienone is 4. The third-order valence-corrected chi connectivity index (χ3v) is 3.60. The second-order valence-electron chi connectivity index (χ2n) is 4.18. The van der Waals surface area contributed by atoms with Crippen molar-refractivity contribution in [3.63, 3.8) is 0 Å². The van der Waals surface area contributed by atoms with Gasteiger partial charge in [-0.2, -0.15) is 0 Å². The fourth-order valence-electron chi connectivity index (χ4n) is 1.37. The van der Waals surface area contributed by atoms with Crippen LogP contribution in [0.4, 0.5) is 0 Å². The highest BCUT2D eigenvalue weighted by atomic mass is 79.9. The summed E-state index contributed by atoms with van der Waals surface area (Å²) in [7, 11) is 0. The van der Waals surface area contributed by atoms with E-state index in [0.717, 1.165) is 6.42 Å². The first kappa shape index (κ1) is 13.2. The van der Waals surface area contributed by atoms with Crippen LogP contribution in [-0.4, -0.2) is 0 Å². The minimum atomic E-state index is 1.09. The maximum absolute atomic E-state index is 3.64. The van der Waals surface area contributed by atoms with E-state index < -0.39 is 0 Å². The summed E-state index contributed by atoms with van der Waals surface area (Å²) >= 11 is 3.64. The quantitative estimate of drug-likeness (QED) is 0.643. The van der Waals surface area contributed by atoms with Gasteiger partial charge in [0, 0.05) is 4.48 Å². The molecule has 0 aliphatic rings. The number of aryl methyl sites for hydroxylation is 1. The average molecular weight is 279 g/mol. The molecule has 1 aromatic rings. The summed E-state index contributed by atoms with van der Waals surface area (Å²) in [4.78, 5) is 0. The smallest absolute Gasteiger partial charge is 0.0209 e. The molecule has 0 N–H and O–H groups in total. The van der Waals surface area contributed by atoms with Crippen LogP contribution >= 0.6 is 15.9 Å². The lowest BCUT2D eigenvalue weighted by Gasteiger charge is -2.05. The summed E-state index contributed by atoms with van der Waals surface area (Å²) in [5.41, 5.74) is 5.25. The van der Waals surface area contributed by atoms with Crippen molar-refractivity contribution in [2.75, 3.05) is 0 Å². The van der Waals surface area contributed by atoms with Gasteiger partial charge >= 0.3 is 0 Å². The van der Waals surface area contributed by atoms with E-state index in [4.69, 9.17) is 0 Å². The zero-order valence-electron chi connectivity index (χ0n) is 10.5. The van der Waals surface area contributed by atoms with Crippen molar-refractivity contribution in [3.8, 4) is 0 Å².